The Balaban J connectivity index is 2.41. The highest BCUT2D eigenvalue weighted by Gasteiger charge is 2.34. The Morgan fingerprint density at radius 2 is 2.11 bits per heavy atom. The highest BCUT2D eigenvalue weighted by molar-refractivity contribution is 9.10. The summed E-state index contributed by atoms with van der Waals surface area (Å²) < 4.78 is 14.9. The zero-order valence-corrected chi connectivity index (χ0v) is 11.9. The molecule has 1 aromatic heterocycles. The molecule has 94 valence electrons. The average Bonchev–Trinajstić information content (AvgIpc) is 2.75. The summed E-state index contributed by atoms with van der Waals surface area (Å²) >= 11 is 3.39. The van der Waals surface area contributed by atoms with Gasteiger partial charge in [-0.05, 0) is 32.4 Å². The van der Waals surface area contributed by atoms with Gasteiger partial charge in [-0.2, -0.15) is 5.10 Å². The van der Waals surface area contributed by atoms with Gasteiger partial charge in [-0.25, -0.2) is 4.39 Å². The lowest BCUT2D eigenvalue weighted by Crippen LogP contribution is -2.32. The van der Waals surface area contributed by atoms with E-state index in [0.29, 0.717) is 5.69 Å². The largest absolute Gasteiger partial charge is 0.373 e. The Morgan fingerprint density at radius 3 is 2.83 bits per heavy atom. The molecule has 0 unspecified atom stereocenters. The predicted octanol–water partition coefficient (Wildman–Crippen LogP) is 3.95. The van der Waals surface area contributed by atoms with E-state index in [2.05, 4.69) is 31.4 Å². The summed E-state index contributed by atoms with van der Waals surface area (Å²) in [5, 5.41) is 10.3. The Hall–Kier alpha value is -1.36. The van der Waals surface area contributed by atoms with Crippen LogP contribution in [0.15, 0.2) is 16.7 Å². The van der Waals surface area contributed by atoms with Crippen molar-refractivity contribution in [2.75, 3.05) is 5.32 Å². The zero-order chi connectivity index (χ0) is 13.1. The summed E-state index contributed by atoms with van der Waals surface area (Å²) in [6.45, 7) is 6.00. The molecule has 2 N–H and O–H groups in total. The number of benzene rings is 1. The topological polar surface area (TPSA) is 40.7 Å². The molecule has 0 atom stereocenters. The SMILES string of the molecule is Cc1c(Br)cc(F)c2c1-c1[nH]ncc1C(C)(C)N2. The summed E-state index contributed by atoms with van der Waals surface area (Å²) in [6.07, 6.45) is 1.80. The van der Waals surface area contributed by atoms with Crippen LogP contribution in [0.2, 0.25) is 0 Å². The second-order valence-electron chi connectivity index (χ2n) is 5.12. The molecular weight excluding hydrogens is 297 g/mol. The van der Waals surface area contributed by atoms with Crippen LogP contribution in [0.5, 0.6) is 0 Å². The number of aromatic nitrogens is 2. The van der Waals surface area contributed by atoms with Crippen LogP contribution in [0.4, 0.5) is 10.1 Å². The van der Waals surface area contributed by atoms with E-state index >= 15 is 0 Å². The predicted molar refractivity (Wildman–Crippen MR) is 73.1 cm³/mol. The third-order valence-electron chi connectivity index (χ3n) is 3.48. The molecule has 0 saturated heterocycles. The van der Waals surface area contributed by atoms with Crippen LogP contribution in [0, 0.1) is 12.7 Å². The lowest BCUT2D eigenvalue weighted by Gasteiger charge is -2.34. The molecule has 2 heterocycles. The summed E-state index contributed by atoms with van der Waals surface area (Å²) in [6, 6.07) is 1.50. The molecular formula is C13H13BrFN3. The Morgan fingerprint density at radius 1 is 1.39 bits per heavy atom. The van der Waals surface area contributed by atoms with Crippen molar-refractivity contribution in [2.24, 2.45) is 0 Å². The van der Waals surface area contributed by atoms with Gasteiger partial charge in [0.25, 0.3) is 0 Å². The number of hydrogen-bond donors (Lipinski definition) is 2. The number of hydrogen-bond acceptors (Lipinski definition) is 2. The molecule has 0 fully saturated rings. The molecule has 3 nitrogen and oxygen atoms in total. The van der Waals surface area contributed by atoms with Gasteiger partial charge in [0.15, 0.2) is 0 Å². The van der Waals surface area contributed by atoms with Crippen LogP contribution >= 0.6 is 15.9 Å². The van der Waals surface area contributed by atoms with Gasteiger partial charge in [0.1, 0.15) is 5.82 Å². The summed E-state index contributed by atoms with van der Waals surface area (Å²) in [5.74, 6) is -0.254. The van der Waals surface area contributed by atoms with Crippen LogP contribution in [0.3, 0.4) is 0 Å². The van der Waals surface area contributed by atoms with Gasteiger partial charge >= 0.3 is 0 Å². The Labute approximate surface area is 113 Å². The van der Waals surface area contributed by atoms with Crippen molar-refractivity contribution in [3.8, 4) is 11.3 Å². The Kier molecular flexibility index (Phi) is 2.32. The third-order valence-corrected chi connectivity index (χ3v) is 4.30. The van der Waals surface area contributed by atoms with Crippen LogP contribution in [0.1, 0.15) is 25.0 Å². The number of aromatic amines is 1. The average molecular weight is 310 g/mol. The molecule has 0 aliphatic carbocycles. The molecule has 0 spiro atoms. The standard InChI is InChI=1S/C13H13BrFN3/c1-6-8(14)4-9(15)12-10(6)11-7(5-16-18-11)13(2,3)17-12/h4-5,17H,1-3H3,(H,16,18). The second-order valence-corrected chi connectivity index (χ2v) is 5.98. The van der Waals surface area contributed by atoms with Gasteiger partial charge < -0.3 is 5.32 Å². The minimum atomic E-state index is -0.337. The van der Waals surface area contributed by atoms with Crippen molar-refractivity contribution in [3.63, 3.8) is 0 Å². The fraction of sp³-hybridized carbons (Fsp3) is 0.308. The van der Waals surface area contributed by atoms with Crippen molar-refractivity contribution in [3.05, 3.63) is 33.7 Å². The van der Waals surface area contributed by atoms with Gasteiger partial charge in [-0.1, -0.05) is 15.9 Å². The van der Waals surface area contributed by atoms with Gasteiger partial charge in [-0.15, -0.1) is 0 Å². The number of nitrogens with zero attached hydrogens (tertiary/aromatic N) is 1. The Bertz CT molecular complexity index is 646. The smallest absolute Gasteiger partial charge is 0.148 e. The molecule has 1 aromatic carbocycles. The number of rotatable bonds is 0. The van der Waals surface area contributed by atoms with Gasteiger partial charge in [0, 0.05) is 15.6 Å². The molecule has 18 heavy (non-hydrogen) atoms. The van der Waals surface area contributed by atoms with Crippen molar-refractivity contribution < 1.29 is 4.39 Å². The molecule has 0 radical (unpaired) electrons. The first kappa shape index (κ1) is 11.7. The first-order valence-electron chi connectivity index (χ1n) is 5.73. The normalized spacial score (nSPS) is 15.8. The van der Waals surface area contributed by atoms with Crippen molar-refractivity contribution in [1.29, 1.82) is 0 Å². The monoisotopic (exact) mass is 309 g/mol. The van der Waals surface area contributed by atoms with Crippen LogP contribution in [-0.2, 0) is 5.54 Å². The highest BCUT2D eigenvalue weighted by atomic mass is 79.9. The van der Waals surface area contributed by atoms with E-state index < -0.39 is 0 Å². The highest BCUT2D eigenvalue weighted by Crippen LogP contribution is 2.46. The van der Waals surface area contributed by atoms with E-state index in [-0.39, 0.29) is 11.4 Å². The van der Waals surface area contributed by atoms with Crippen molar-refractivity contribution >= 4 is 21.6 Å². The first-order chi connectivity index (χ1) is 8.42. The van der Waals surface area contributed by atoms with Crippen LogP contribution in [0.25, 0.3) is 11.3 Å². The van der Waals surface area contributed by atoms with Crippen molar-refractivity contribution in [2.45, 2.75) is 26.3 Å². The second kappa shape index (κ2) is 3.57. The minimum Gasteiger partial charge on any atom is -0.373 e. The van der Waals surface area contributed by atoms with Crippen LogP contribution < -0.4 is 5.32 Å². The molecule has 0 amide bonds. The number of anilines is 1. The van der Waals surface area contributed by atoms with E-state index in [1.165, 1.54) is 6.07 Å². The minimum absolute atomic E-state index is 0.254. The van der Waals surface area contributed by atoms with Gasteiger partial charge in [0.2, 0.25) is 0 Å². The summed E-state index contributed by atoms with van der Waals surface area (Å²) in [4.78, 5) is 0. The fourth-order valence-corrected chi connectivity index (χ4v) is 2.88. The summed E-state index contributed by atoms with van der Waals surface area (Å²) in [5.41, 5.74) is 4.00. The molecule has 1 aliphatic rings. The van der Waals surface area contributed by atoms with E-state index in [9.17, 15) is 4.39 Å². The van der Waals surface area contributed by atoms with E-state index in [0.717, 1.165) is 26.9 Å². The van der Waals surface area contributed by atoms with Gasteiger partial charge in [-0.3, -0.25) is 5.10 Å². The molecule has 3 rings (SSSR count). The molecule has 0 bridgehead atoms. The zero-order valence-electron chi connectivity index (χ0n) is 10.4. The van der Waals surface area contributed by atoms with Gasteiger partial charge in [0.05, 0.1) is 23.1 Å². The summed E-state index contributed by atoms with van der Waals surface area (Å²) in [7, 11) is 0. The third kappa shape index (κ3) is 1.43. The van der Waals surface area contributed by atoms with E-state index in [4.69, 9.17) is 0 Å². The van der Waals surface area contributed by atoms with Crippen molar-refractivity contribution in [1.82, 2.24) is 10.2 Å². The number of fused-ring (bicyclic) bond motifs is 3. The lowest BCUT2D eigenvalue weighted by atomic mass is 9.85. The number of H-pyrrole nitrogens is 1. The molecule has 1 aliphatic heterocycles. The maximum Gasteiger partial charge on any atom is 0.148 e. The fourth-order valence-electron chi connectivity index (χ4n) is 2.48. The lowest BCUT2D eigenvalue weighted by molar-refractivity contribution is 0.579. The number of halogens is 2. The molecule has 5 heteroatoms. The van der Waals surface area contributed by atoms with E-state index in [1.807, 2.05) is 20.8 Å². The van der Waals surface area contributed by atoms with E-state index in [1.54, 1.807) is 6.20 Å². The molecule has 2 aromatic rings. The maximum atomic E-state index is 14.1. The first-order valence-corrected chi connectivity index (χ1v) is 6.52. The quantitative estimate of drug-likeness (QED) is 0.773. The van der Waals surface area contributed by atoms with Crippen LogP contribution in [-0.4, -0.2) is 10.2 Å². The molecule has 0 saturated carbocycles. The maximum absolute atomic E-state index is 14.1. The number of nitrogens with one attached hydrogen (secondary N) is 2.